The maximum atomic E-state index is 6.48. The summed E-state index contributed by atoms with van der Waals surface area (Å²) in [4.78, 5) is 2.37. The van der Waals surface area contributed by atoms with Gasteiger partial charge in [-0.05, 0) is 105 Å². The summed E-state index contributed by atoms with van der Waals surface area (Å²) in [6.45, 7) is 0. The molecule has 0 aliphatic rings. The molecule has 13 aromatic rings. The maximum absolute atomic E-state index is 6.48. The molecule has 314 valence electrons. The summed E-state index contributed by atoms with van der Waals surface area (Å²) < 4.78 is 8.92. The van der Waals surface area contributed by atoms with Crippen molar-refractivity contribution in [3.63, 3.8) is 0 Å². The number of benzene rings is 11. The Morgan fingerprint density at radius 1 is 0.299 bits per heavy atom. The molecule has 3 nitrogen and oxygen atoms in total. The predicted octanol–water partition coefficient (Wildman–Crippen LogP) is 18.0. The fourth-order valence-electron chi connectivity index (χ4n) is 10.2. The van der Waals surface area contributed by atoms with Crippen molar-refractivity contribution in [2.24, 2.45) is 0 Å². The van der Waals surface area contributed by atoms with E-state index in [9.17, 15) is 0 Å². The first kappa shape index (κ1) is 38.5. The second-order valence-electron chi connectivity index (χ2n) is 17.3. The Morgan fingerprint density at radius 3 is 1.58 bits per heavy atom. The number of anilines is 3. The lowest BCUT2D eigenvalue weighted by atomic mass is 9.97. The maximum Gasteiger partial charge on any atom is 0.143 e. The Balaban J connectivity index is 0.956. The quantitative estimate of drug-likeness (QED) is 0.152. The molecule has 13 rings (SSSR count). The van der Waals surface area contributed by atoms with Crippen molar-refractivity contribution < 1.29 is 4.42 Å². The minimum atomic E-state index is 0.900. The van der Waals surface area contributed by atoms with Crippen molar-refractivity contribution in [3.05, 3.63) is 255 Å². The first-order chi connectivity index (χ1) is 33.2. The van der Waals surface area contributed by atoms with Crippen LogP contribution in [0.5, 0.6) is 0 Å². The second-order valence-corrected chi connectivity index (χ2v) is 17.3. The lowest BCUT2D eigenvalue weighted by Gasteiger charge is -2.27. The van der Waals surface area contributed by atoms with E-state index in [2.05, 4.69) is 252 Å². The third kappa shape index (κ3) is 6.59. The molecule has 2 aromatic heterocycles. The molecule has 0 bridgehead atoms. The zero-order chi connectivity index (χ0) is 44.3. The molecule has 67 heavy (non-hydrogen) atoms. The molecule has 0 aliphatic heterocycles. The van der Waals surface area contributed by atoms with Gasteiger partial charge in [-0.25, -0.2) is 0 Å². The molecule has 11 aromatic carbocycles. The van der Waals surface area contributed by atoms with Crippen LogP contribution in [0.1, 0.15) is 0 Å². The Hall–Kier alpha value is -8.92. The van der Waals surface area contributed by atoms with Crippen LogP contribution in [0.25, 0.3) is 105 Å². The Morgan fingerprint density at radius 2 is 0.836 bits per heavy atom. The summed E-state index contributed by atoms with van der Waals surface area (Å²) in [5.74, 6) is 0. The van der Waals surface area contributed by atoms with Crippen LogP contribution in [0.4, 0.5) is 17.1 Å². The van der Waals surface area contributed by atoms with Crippen LogP contribution < -0.4 is 4.90 Å². The third-order valence-corrected chi connectivity index (χ3v) is 13.4. The second kappa shape index (κ2) is 16.0. The van der Waals surface area contributed by atoms with Crippen LogP contribution in [-0.4, -0.2) is 4.57 Å². The largest absolute Gasteiger partial charge is 0.455 e. The molecule has 0 saturated carbocycles. The van der Waals surface area contributed by atoms with Gasteiger partial charge in [0.2, 0.25) is 0 Å². The zero-order valence-electron chi connectivity index (χ0n) is 36.6. The summed E-state index contributed by atoms with van der Waals surface area (Å²) in [6, 6.07) is 92.0. The lowest BCUT2D eigenvalue weighted by molar-refractivity contribution is 0.670. The van der Waals surface area contributed by atoms with Gasteiger partial charge in [0.25, 0.3) is 0 Å². The van der Waals surface area contributed by atoms with Crippen molar-refractivity contribution in [2.75, 3.05) is 4.90 Å². The van der Waals surface area contributed by atoms with Crippen LogP contribution in [0.3, 0.4) is 0 Å². The highest BCUT2D eigenvalue weighted by Gasteiger charge is 2.20. The topological polar surface area (TPSA) is 21.3 Å². The van der Waals surface area contributed by atoms with Crippen LogP contribution in [0.2, 0.25) is 0 Å². The summed E-state index contributed by atoms with van der Waals surface area (Å²) in [7, 11) is 0. The Labute approximate surface area is 388 Å². The predicted molar refractivity (Wildman–Crippen MR) is 282 cm³/mol. The standard InChI is InChI=1S/C64H42N2O/c1-2-15-43(16-3-1)47-35-40-54(62(42-47)66-60-28-9-6-22-56(60)57-23-7-10-29-61(57)66)45-31-36-49(37-32-45)65(51-20-12-19-48(41-51)53-25-13-18-44-17-4-5-21-52(44)53)50-38-33-46(34-39-50)55-26-14-27-59-58-24-8-11-30-63(58)67-64(55)59/h1-42H. The number of aromatic nitrogens is 1. The molecular weight excluding hydrogens is 813 g/mol. The van der Waals surface area contributed by atoms with E-state index in [-0.39, 0.29) is 0 Å². The smallest absolute Gasteiger partial charge is 0.143 e. The average Bonchev–Trinajstić information content (AvgIpc) is 3.95. The van der Waals surface area contributed by atoms with Crippen molar-refractivity contribution >= 4 is 71.6 Å². The van der Waals surface area contributed by atoms with E-state index in [1.165, 1.54) is 54.8 Å². The van der Waals surface area contributed by atoms with Gasteiger partial charge >= 0.3 is 0 Å². The van der Waals surface area contributed by atoms with E-state index in [1.807, 2.05) is 12.1 Å². The molecule has 0 radical (unpaired) electrons. The Kier molecular flexibility index (Phi) is 9.17. The zero-order valence-corrected chi connectivity index (χ0v) is 36.6. The lowest BCUT2D eigenvalue weighted by Crippen LogP contribution is -2.10. The van der Waals surface area contributed by atoms with E-state index in [0.29, 0.717) is 0 Å². The van der Waals surface area contributed by atoms with Crippen LogP contribution >= 0.6 is 0 Å². The van der Waals surface area contributed by atoms with Crippen molar-refractivity contribution in [1.82, 2.24) is 4.57 Å². The van der Waals surface area contributed by atoms with Crippen LogP contribution in [-0.2, 0) is 0 Å². The number of nitrogens with zero attached hydrogens (tertiary/aromatic N) is 2. The fourth-order valence-corrected chi connectivity index (χ4v) is 10.2. The first-order valence-electron chi connectivity index (χ1n) is 22.9. The normalized spacial score (nSPS) is 11.6. The molecule has 0 saturated heterocycles. The minimum Gasteiger partial charge on any atom is -0.455 e. The van der Waals surface area contributed by atoms with Gasteiger partial charge in [-0.15, -0.1) is 0 Å². The van der Waals surface area contributed by atoms with Crippen molar-refractivity contribution in [2.45, 2.75) is 0 Å². The van der Waals surface area contributed by atoms with E-state index < -0.39 is 0 Å². The summed E-state index contributed by atoms with van der Waals surface area (Å²) in [6.07, 6.45) is 0. The van der Waals surface area contributed by atoms with E-state index in [1.54, 1.807) is 0 Å². The third-order valence-electron chi connectivity index (χ3n) is 13.4. The highest BCUT2D eigenvalue weighted by atomic mass is 16.3. The summed E-state index contributed by atoms with van der Waals surface area (Å²) in [5.41, 5.74) is 17.7. The van der Waals surface area contributed by atoms with Gasteiger partial charge in [-0.2, -0.15) is 0 Å². The van der Waals surface area contributed by atoms with Gasteiger partial charge in [-0.1, -0.05) is 194 Å². The molecule has 0 amide bonds. The molecule has 3 heteroatoms. The number of furan rings is 1. The van der Waals surface area contributed by atoms with Gasteiger partial charge in [0.1, 0.15) is 11.2 Å². The molecule has 0 N–H and O–H groups in total. The summed E-state index contributed by atoms with van der Waals surface area (Å²) >= 11 is 0. The van der Waals surface area contributed by atoms with Gasteiger partial charge in [0.05, 0.1) is 16.7 Å². The SMILES string of the molecule is c1ccc(-c2ccc(-c3ccc(N(c4ccc(-c5cccc6c5oc5ccccc56)cc4)c4cccc(-c5cccc6ccccc56)c4)cc3)c(-n3c4ccccc4c4ccccc43)c2)cc1. The molecular formula is C64H42N2O. The average molecular weight is 855 g/mol. The molecule has 0 fully saturated rings. The first-order valence-corrected chi connectivity index (χ1v) is 22.9. The molecule has 0 spiro atoms. The summed E-state index contributed by atoms with van der Waals surface area (Å²) in [5, 5.41) is 7.20. The van der Waals surface area contributed by atoms with Crippen molar-refractivity contribution in [3.8, 4) is 50.2 Å². The van der Waals surface area contributed by atoms with E-state index in [0.717, 1.165) is 66.9 Å². The number of rotatable bonds is 8. The van der Waals surface area contributed by atoms with Gasteiger partial charge in [0, 0.05) is 49.7 Å². The molecule has 0 aliphatic carbocycles. The van der Waals surface area contributed by atoms with E-state index in [4.69, 9.17) is 4.42 Å². The van der Waals surface area contributed by atoms with Gasteiger partial charge < -0.3 is 13.9 Å². The van der Waals surface area contributed by atoms with Crippen LogP contribution in [0.15, 0.2) is 259 Å². The van der Waals surface area contributed by atoms with E-state index >= 15 is 0 Å². The van der Waals surface area contributed by atoms with Gasteiger partial charge in [0.15, 0.2) is 0 Å². The number of para-hydroxylation sites is 4. The minimum absolute atomic E-state index is 0.900. The highest BCUT2D eigenvalue weighted by Crippen LogP contribution is 2.43. The number of fused-ring (bicyclic) bond motifs is 7. The Bertz CT molecular complexity index is 3910. The number of hydrogen-bond acceptors (Lipinski definition) is 2. The fraction of sp³-hybridized carbons (Fsp3) is 0. The highest BCUT2D eigenvalue weighted by molar-refractivity contribution is 6.11. The van der Waals surface area contributed by atoms with Gasteiger partial charge in [-0.3, -0.25) is 0 Å². The monoisotopic (exact) mass is 854 g/mol. The molecule has 0 atom stereocenters. The van der Waals surface area contributed by atoms with Crippen molar-refractivity contribution in [1.29, 1.82) is 0 Å². The molecule has 2 heterocycles. The van der Waals surface area contributed by atoms with Crippen LogP contribution in [0, 0.1) is 0 Å². The number of hydrogen-bond donors (Lipinski definition) is 0. The molecule has 0 unspecified atom stereocenters.